The third-order valence-electron chi connectivity index (χ3n) is 1.43. The summed E-state index contributed by atoms with van der Waals surface area (Å²) < 4.78 is 0. The second-order valence-corrected chi connectivity index (χ2v) is 2.47. The lowest BCUT2D eigenvalue weighted by Crippen LogP contribution is -2.35. The first-order chi connectivity index (χ1) is 3.62. The molecule has 0 heterocycles. The van der Waals surface area contributed by atoms with Gasteiger partial charge in [-0.05, 0) is 19.8 Å². The van der Waals surface area contributed by atoms with E-state index in [-0.39, 0.29) is 5.54 Å². The zero-order chi connectivity index (χ0) is 6.62. The molecule has 0 saturated carbocycles. The molecule has 0 aromatic heterocycles. The maximum atomic E-state index is 5.77. The molecule has 0 bridgehead atoms. The first-order valence-corrected chi connectivity index (χ1v) is 3.25. The van der Waals surface area contributed by atoms with Gasteiger partial charge in [-0.25, -0.2) is 0 Å². The van der Waals surface area contributed by atoms with Gasteiger partial charge < -0.3 is 5.73 Å². The van der Waals surface area contributed by atoms with E-state index in [1.54, 1.807) is 0 Å². The summed E-state index contributed by atoms with van der Waals surface area (Å²) in [6, 6.07) is 0. The fraction of sp³-hybridized carbons (Fsp3) is 0.857. The van der Waals surface area contributed by atoms with Gasteiger partial charge in [-0.15, -0.1) is 0 Å². The standard InChI is InChI=1S/C7H16N/c1-4-6-7(3,8)5-2/h6H,4-5,8H2,1-3H3. The van der Waals surface area contributed by atoms with Crippen LogP contribution in [0, 0.1) is 6.42 Å². The Labute approximate surface area is 52.3 Å². The Balaban J connectivity index is 3.37. The lowest BCUT2D eigenvalue weighted by atomic mass is 9.95. The topological polar surface area (TPSA) is 26.0 Å². The Morgan fingerprint density at radius 2 is 2.00 bits per heavy atom. The molecule has 0 fully saturated rings. The molecule has 8 heavy (non-hydrogen) atoms. The van der Waals surface area contributed by atoms with Crippen molar-refractivity contribution in [3.05, 3.63) is 6.42 Å². The van der Waals surface area contributed by atoms with Gasteiger partial charge in [0, 0.05) is 5.54 Å². The zero-order valence-electron chi connectivity index (χ0n) is 6.07. The highest BCUT2D eigenvalue weighted by atomic mass is 14.7. The fourth-order valence-electron chi connectivity index (χ4n) is 0.611. The molecule has 0 aliphatic rings. The van der Waals surface area contributed by atoms with E-state index in [0.29, 0.717) is 0 Å². The van der Waals surface area contributed by atoms with E-state index < -0.39 is 0 Å². The Hall–Kier alpha value is -0.0400. The SMILES string of the molecule is CC[CH]C(C)(N)CC. The average molecular weight is 114 g/mol. The number of hydrogen-bond acceptors (Lipinski definition) is 1. The van der Waals surface area contributed by atoms with E-state index in [1.807, 2.05) is 0 Å². The van der Waals surface area contributed by atoms with Crippen molar-refractivity contribution in [2.24, 2.45) is 5.73 Å². The van der Waals surface area contributed by atoms with E-state index in [0.717, 1.165) is 12.8 Å². The minimum absolute atomic E-state index is 0.0330. The molecule has 0 amide bonds. The molecule has 1 atom stereocenters. The Kier molecular flexibility index (Phi) is 3.06. The second kappa shape index (κ2) is 3.08. The normalized spacial score (nSPS) is 18.0. The minimum atomic E-state index is -0.0330. The lowest BCUT2D eigenvalue weighted by Gasteiger charge is -2.20. The summed E-state index contributed by atoms with van der Waals surface area (Å²) in [7, 11) is 0. The quantitative estimate of drug-likeness (QED) is 0.594. The van der Waals surface area contributed by atoms with E-state index in [1.165, 1.54) is 0 Å². The summed E-state index contributed by atoms with van der Waals surface area (Å²) in [5.74, 6) is 0. The van der Waals surface area contributed by atoms with Crippen molar-refractivity contribution in [2.45, 2.75) is 39.2 Å². The van der Waals surface area contributed by atoms with Crippen molar-refractivity contribution >= 4 is 0 Å². The van der Waals surface area contributed by atoms with Crippen LogP contribution in [0.2, 0.25) is 0 Å². The van der Waals surface area contributed by atoms with Crippen LogP contribution in [0.5, 0.6) is 0 Å². The van der Waals surface area contributed by atoms with Gasteiger partial charge in [-0.2, -0.15) is 0 Å². The monoisotopic (exact) mass is 114 g/mol. The third-order valence-corrected chi connectivity index (χ3v) is 1.43. The van der Waals surface area contributed by atoms with Gasteiger partial charge in [0.1, 0.15) is 0 Å². The zero-order valence-corrected chi connectivity index (χ0v) is 6.07. The first-order valence-electron chi connectivity index (χ1n) is 3.25. The van der Waals surface area contributed by atoms with Crippen LogP contribution in [0.25, 0.3) is 0 Å². The predicted molar refractivity (Wildman–Crippen MR) is 37.5 cm³/mol. The highest BCUT2D eigenvalue weighted by molar-refractivity contribution is 4.90. The summed E-state index contributed by atoms with van der Waals surface area (Å²) in [5.41, 5.74) is 5.74. The molecule has 1 heteroatoms. The minimum Gasteiger partial charge on any atom is -0.325 e. The summed E-state index contributed by atoms with van der Waals surface area (Å²) in [4.78, 5) is 0. The van der Waals surface area contributed by atoms with Crippen molar-refractivity contribution in [2.75, 3.05) is 0 Å². The molecular weight excluding hydrogens is 98.1 g/mol. The summed E-state index contributed by atoms with van der Waals surface area (Å²) in [5, 5.41) is 0. The molecule has 1 unspecified atom stereocenters. The number of rotatable bonds is 3. The van der Waals surface area contributed by atoms with Crippen LogP contribution in [0.15, 0.2) is 0 Å². The molecule has 0 spiro atoms. The number of hydrogen-bond donors (Lipinski definition) is 1. The smallest absolute Gasteiger partial charge is 0.0154 e. The Morgan fingerprint density at radius 3 is 2.12 bits per heavy atom. The van der Waals surface area contributed by atoms with Gasteiger partial charge in [-0.1, -0.05) is 20.3 Å². The maximum Gasteiger partial charge on any atom is 0.0154 e. The van der Waals surface area contributed by atoms with Crippen LogP contribution < -0.4 is 5.73 Å². The van der Waals surface area contributed by atoms with Crippen LogP contribution in [0.4, 0.5) is 0 Å². The van der Waals surface area contributed by atoms with Crippen LogP contribution in [-0.4, -0.2) is 5.54 Å². The van der Waals surface area contributed by atoms with Crippen LogP contribution in [0.1, 0.15) is 33.6 Å². The summed E-state index contributed by atoms with van der Waals surface area (Å²) in [6.45, 7) is 6.27. The van der Waals surface area contributed by atoms with Crippen molar-refractivity contribution in [1.82, 2.24) is 0 Å². The highest BCUT2D eigenvalue weighted by Gasteiger charge is 2.12. The van der Waals surface area contributed by atoms with Crippen molar-refractivity contribution < 1.29 is 0 Å². The molecule has 0 aromatic carbocycles. The van der Waals surface area contributed by atoms with Crippen LogP contribution >= 0.6 is 0 Å². The van der Waals surface area contributed by atoms with Crippen molar-refractivity contribution in [3.8, 4) is 0 Å². The highest BCUT2D eigenvalue weighted by Crippen LogP contribution is 2.09. The van der Waals surface area contributed by atoms with Crippen LogP contribution in [-0.2, 0) is 0 Å². The largest absolute Gasteiger partial charge is 0.325 e. The third kappa shape index (κ3) is 3.03. The molecule has 0 aliphatic carbocycles. The van der Waals surface area contributed by atoms with Crippen molar-refractivity contribution in [1.29, 1.82) is 0 Å². The first kappa shape index (κ1) is 7.96. The molecule has 1 nitrogen and oxygen atoms in total. The molecule has 0 aliphatic heterocycles. The Morgan fingerprint density at radius 1 is 1.50 bits per heavy atom. The molecule has 0 rings (SSSR count). The van der Waals surface area contributed by atoms with Crippen LogP contribution in [0.3, 0.4) is 0 Å². The van der Waals surface area contributed by atoms with E-state index in [2.05, 4.69) is 27.2 Å². The lowest BCUT2D eigenvalue weighted by molar-refractivity contribution is 0.509. The molecule has 1 radical (unpaired) electrons. The Bertz CT molecular complexity index is 57.4. The molecule has 49 valence electrons. The summed E-state index contributed by atoms with van der Waals surface area (Å²) >= 11 is 0. The molecule has 0 aromatic rings. The van der Waals surface area contributed by atoms with E-state index in [9.17, 15) is 0 Å². The van der Waals surface area contributed by atoms with E-state index in [4.69, 9.17) is 5.73 Å². The van der Waals surface area contributed by atoms with Gasteiger partial charge >= 0.3 is 0 Å². The van der Waals surface area contributed by atoms with Crippen molar-refractivity contribution in [3.63, 3.8) is 0 Å². The maximum absolute atomic E-state index is 5.77. The average Bonchev–Trinajstić information content (AvgIpc) is 1.67. The van der Waals surface area contributed by atoms with Gasteiger partial charge in [0.05, 0.1) is 0 Å². The van der Waals surface area contributed by atoms with Gasteiger partial charge in [0.15, 0.2) is 0 Å². The summed E-state index contributed by atoms with van der Waals surface area (Å²) in [6.07, 6.45) is 4.24. The predicted octanol–water partition coefficient (Wildman–Crippen LogP) is 1.73. The van der Waals surface area contributed by atoms with Gasteiger partial charge in [0.2, 0.25) is 0 Å². The fourth-order valence-corrected chi connectivity index (χ4v) is 0.611. The van der Waals surface area contributed by atoms with Gasteiger partial charge in [0.25, 0.3) is 0 Å². The number of nitrogens with two attached hydrogens (primary N) is 1. The second-order valence-electron chi connectivity index (χ2n) is 2.47. The van der Waals surface area contributed by atoms with E-state index >= 15 is 0 Å². The molecule has 2 N–H and O–H groups in total. The molecular formula is C7H16N. The van der Waals surface area contributed by atoms with Gasteiger partial charge in [-0.3, -0.25) is 0 Å². The molecule has 0 saturated heterocycles.